The minimum absolute atomic E-state index is 0.0405. The van der Waals surface area contributed by atoms with Crippen LogP contribution in [0.1, 0.15) is 29.0 Å². The van der Waals surface area contributed by atoms with Crippen LogP contribution in [0, 0.1) is 11.6 Å². The molecule has 0 saturated heterocycles. The quantitative estimate of drug-likeness (QED) is 0.567. The number of aromatic nitrogens is 2. The van der Waals surface area contributed by atoms with E-state index in [1.54, 1.807) is 14.0 Å². The predicted octanol–water partition coefficient (Wildman–Crippen LogP) is 4.13. The molecule has 7 heteroatoms. The molecule has 4 aromatic rings. The van der Waals surface area contributed by atoms with E-state index >= 15 is 0 Å². The van der Waals surface area contributed by atoms with E-state index in [0.29, 0.717) is 11.3 Å². The number of hydrogen-bond acceptors (Lipinski definition) is 2. The first-order chi connectivity index (χ1) is 13.8. The Bertz CT molecular complexity index is 1320. The van der Waals surface area contributed by atoms with Gasteiger partial charge in [-0.1, -0.05) is 18.2 Å². The topological polar surface area (TPSA) is 58.1 Å². The van der Waals surface area contributed by atoms with Gasteiger partial charge in [0.1, 0.15) is 5.69 Å². The average Bonchev–Trinajstić information content (AvgIpc) is 3.05. The van der Waals surface area contributed by atoms with Gasteiger partial charge in [0.05, 0.1) is 11.4 Å². The molecule has 0 aliphatic carbocycles. The summed E-state index contributed by atoms with van der Waals surface area (Å²) in [7, 11) is 3.46. The van der Waals surface area contributed by atoms with Gasteiger partial charge in [-0.2, -0.15) is 0 Å². The number of rotatable bonds is 3. The summed E-state index contributed by atoms with van der Waals surface area (Å²) < 4.78 is 29.3. The minimum atomic E-state index is -1.09. The number of aryl methyl sites for hydroxylation is 1. The zero-order valence-corrected chi connectivity index (χ0v) is 16.2. The van der Waals surface area contributed by atoms with Gasteiger partial charge in [0.2, 0.25) is 0 Å². The van der Waals surface area contributed by atoms with Crippen LogP contribution < -0.4 is 5.56 Å². The predicted molar refractivity (Wildman–Crippen MR) is 108 cm³/mol. The standard InChI is InChI=1S/C22H19F2N3O2/c1-12(16-11-25-21(28)15-10-18(24)17(23)9-14(15)16)26(2)22(29)20-8-13-6-4-5-7-19(13)27(20)3/h4-12H,1-3H3,(H,25,28). The second-order valence-electron chi connectivity index (χ2n) is 7.12. The largest absolute Gasteiger partial charge is 0.340 e. The van der Waals surface area contributed by atoms with Gasteiger partial charge >= 0.3 is 0 Å². The lowest BCUT2D eigenvalue weighted by atomic mass is 10.0. The number of benzene rings is 2. The molecular weight excluding hydrogens is 376 g/mol. The van der Waals surface area contributed by atoms with E-state index in [1.807, 2.05) is 41.9 Å². The second-order valence-corrected chi connectivity index (χ2v) is 7.12. The van der Waals surface area contributed by atoms with Crippen LogP contribution in [0.4, 0.5) is 8.78 Å². The van der Waals surface area contributed by atoms with Crippen molar-refractivity contribution in [2.75, 3.05) is 7.05 Å². The molecule has 5 nitrogen and oxygen atoms in total. The highest BCUT2D eigenvalue weighted by Gasteiger charge is 2.24. The summed E-state index contributed by atoms with van der Waals surface area (Å²) >= 11 is 0. The maximum atomic E-state index is 13.8. The molecule has 0 bridgehead atoms. The smallest absolute Gasteiger partial charge is 0.270 e. The number of carbonyl (C=O) groups excluding carboxylic acids is 1. The van der Waals surface area contributed by atoms with Crippen molar-refractivity contribution in [2.45, 2.75) is 13.0 Å². The molecule has 29 heavy (non-hydrogen) atoms. The van der Waals surface area contributed by atoms with Gasteiger partial charge in [-0.05, 0) is 42.1 Å². The SMILES string of the molecule is CC(c1c[nH]c(=O)c2cc(F)c(F)cc12)N(C)C(=O)c1cc2ccccc2n1C. The van der Waals surface area contributed by atoms with E-state index in [0.717, 1.165) is 23.0 Å². The molecule has 2 aromatic carbocycles. The van der Waals surface area contributed by atoms with E-state index < -0.39 is 23.2 Å². The summed E-state index contributed by atoms with van der Waals surface area (Å²) in [6.07, 6.45) is 1.44. The number of carbonyl (C=O) groups is 1. The molecule has 0 fully saturated rings. The molecule has 2 heterocycles. The number of fused-ring (bicyclic) bond motifs is 2. The molecule has 1 unspecified atom stereocenters. The van der Waals surface area contributed by atoms with Gasteiger partial charge in [-0.3, -0.25) is 9.59 Å². The van der Waals surface area contributed by atoms with E-state index in [9.17, 15) is 18.4 Å². The molecule has 0 saturated carbocycles. The lowest BCUT2D eigenvalue weighted by molar-refractivity contribution is 0.0734. The first kappa shape index (κ1) is 18.9. The third kappa shape index (κ3) is 2.99. The number of hydrogen-bond donors (Lipinski definition) is 1. The molecule has 0 radical (unpaired) electrons. The van der Waals surface area contributed by atoms with Gasteiger partial charge in [0.25, 0.3) is 11.5 Å². The van der Waals surface area contributed by atoms with E-state index in [2.05, 4.69) is 4.98 Å². The zero-order valence-electron chi connectivity index (χ0n) is 16.2. The van der Waals surface area contributed by atoms with E-state index in [4.69, 9.17) is 0 Å². The highest BCUT2D eigenvalue weighted by molar-refractivity contribution is 5.99. The monoisotopic (exact) mass is 395 g/mol. The molecule has 148 valence electrons. The zero-order chi connectivity index (χ0) is 20.9. The summed E-state index contributed by atoms with van der Waals surface area (Å²) in [4.78, 5) is 29.3. The summed E-state index contributed by atoms with van der Waals surface area (Å²) in [6.45, 7) is 1.77. The fourth-order valence-electron chi connectivity index (χ4n) is 3.68. The van der Waals surface area contributed by atoms with Crippen molar-refractivity contribution in [3.05, 3.63) is 81.9 Å². The van der Waals surface area contributed by atoms with Crippen molar-refractivity contribution < 1.29 is 13.6 Å². The van der Waals surface area contributed by atoms with E-state index in [-0.39, 0.29) is 16.7 Å². The fourth-order valence-corrected chi connectivity index (χ4v) is 3.68. The van der Waals surface area contributed by atoms with Crippen molar-refractivity contribution in [2.24, 2.45) is 7.05 Å². The van der Waals surface area contributed by atoms with Crippen LogP contribution in [0.2, 0.25) is 0 Å². The average molecular weight is 395 g/mol. The Balaban J connectivity index is 1.78. The maximum Gasteiger partial charge on any atom is 0.270 e. The van der Waals surface area contributed by atoms with Crippen molar-refractivity contribution >= 4 is 27.6 Å². The molecule has 0 spiro atoms. The first-order valence-corrected chi connectivity index (χ1v) is 9.11. The molecule has 1 N–H and O–H groups in total. The Morgan fingerprint density at radius 1 is 1.10 bits per heavy atom. The number of para-hydroxylation sites is 1. The Kier molecular flexibility index (Phi) is 4.45. The van der Waals surface area contributed by atoms with Crippen molar-refractivity contribution in [1.29, 1.82) is 0 Å². The van der Waals surface area contributed by atoms with Crippen LogP contribution in [0.5, 0.6) is 0 Å². The highest BCUT2D eigenvalue weighted by Crippen LogP contribution is 2.28. The Morgan fingerprint density at radius 3 is 2.45 bits per heavy atom. The number of aromatic amines is 1. The highest BCUT2D eigenvalue weighted by atomic mass is 19.2. The second kappa shape index (κ2) is 6.84. The Labute approximate surface area is 165 Å². The summed E-state index contributed by atoms with van der Waals surface area (Å²) in [5, 5.41) is 1.27. The molecule has 0 aliphatic heterocycles. The van der Waals surface area contributed by atoms with Gasteiger partial charge in [-0.25, -0.2) is 8.78 Å². The molecule has 0 aliphatic rings. The number of amides is 1. The number of halogens is 2. The van der Waals surface area contributed by atoms with Crippen molar-refractivity contribution in [3.8, 4) is 0 Å². The lowest BCUT2D eigenvalue weighted by Gasteiger charge is -2.26. The van der Waals surface area contributed by atoms with Crippen LogP contribution in [-0.2, 0) is 7.05 Å². The number of H-pyrrole nitrogens is 1. The Hall–Kier alpha value is -3.48. The minimum Gasteiger partial charge on any atom is -0.340 e. The van der Waals surface area contributed by atoms with Crippen LogP contribution in [0.25, 0.3) is 21.7 Å². The van der Waals surface area contributed by atoms with Crippen LogP contribution in [0.3, 0.4) is 0 Å². The summed E-state index contributed by atoms with van der Waals surface area (Å²) in [5.74, 6) is -2.36. The number of nitrogens with zero attached hydrogens (tertiary/aromatic N) is 2. The molecular formula is C22H19F2N3O2. The first-order valence-electron chi connectivity index (χ1n) is 9.11. The van der Waals surface area contributed by atoms with Gasteiger partial charge in [0.15, 0.2) is 11.6 Å². The molecule has 1 amide bonds. The van der Waals surface area contributed by atoms with Crippen LogP contribution >= 0.6 is 0 Å². The van der Waals surface area contributed by atoms with Crippen LogP contribution in [0.15, 0.2) is 53.5 Å². The number of nitrogens with one attached hydrogen (secondary N) is 1. The molecule has 2 aromatic heterocycles. The van der Waals surface area contributed by atoms with Gasteiger partial charge in [-0.15, -0.1) is 0 Å². The summed E-state index contributed by atoms with van der Waals surface area (Å²) in [6, 6.07) is 10.9. The Morgan fingerprint density at radius 2 is 1.76 bits per heavy atom. The summed E-state index contributed by atoms with van der Waals surface area (Å²) in [5.41, 5.74) is 1.45. The lowest BCUT2D eigenvalue weighted by Crippen LogP contribution is -2.31. The third-order valence-corrected chi connectivity index (χ3v) is 5.50. The van der Waals surface area contributed by atoms with Crippen LogP contribution in [-0.4, -0.2) is 27.4 Å². The molecule has 4 rings (SSSR count). The van der Waals surface area contributed by atoms with Gasteiger partial charge in [0, 0.05) is 31.2 Å². The van der Waals surface area contributed by atoms with Crippen molar-refractivity contribution in [1.82, 2.24) is 14.5 Å². The third-order valence-electron chi connectivity index (χ3n) is 5.50. The normalized spacial score (nSPS) is 12.4. The van der Waals surface area contributed by atoms with E-state index in [1.165, 1.54) is 11.1 Å². The van der Waals surface area contributed by atoms with Crippen molar-refractivity contribution in [3.63, 3.8) is 0 Å². The molecule has 1 atom stereocenters. The number of pyridine rings is 1. The van der Waals surface area contributed by atoms with Gasteiger partial charge < -0.3 is 14.5 Å². The maximum absolute atomic E-state index is 13.8. The fraction of sp³-hybridized carbons (Fsp3) is 0.182.